The number of aryl methyl sites for hydroxylation is 1. The average molecular weight is 477 g/mol. The van der Waals surface area contributed by atoms with E-state index in [1.54, 1.807) is 11.0 Å². The Hall–Kier alpha value is -3.46. The van der Waals surface area contributed by atoms with Crippen LogP contribution in [-0.2, 0) is 20.7 Å². The number of carbonyl (C=O) groups is 2. The second-order valence-corrected chi connectivity index (χ2v) is 9.68. The van der Waals surface area contributed by atoms with Gasteiger partial charge in [-0.2, -0.15) is 5.10 Å². The third-order valence-corrected chi connectivity index (χ3v) is 7.13. The number of nitrogens with one attached hydrogen (secondary N) is 1. The summed E-state index contributed by atoms with van der Waals surface area (Å²) in [4.78, 5) is 32.1. The van der Waals surface area contributed by atoms with Crippen LogP contribution in [-0.4, -0.2) is 51.2 Å². The van der Waals surface area contributed by atoms with Gasteiger partial charge in [-0.1, -0.05) is 26.0 Å². The number of rotatable bonds is 4. The van der Waals surface area contributed by atoms with Crippen molar-refractivity contribution >= 4 is 34.2 Å². The lowest BCUT2D eigenvalue weighted by Crippen LogP contribution is -2.46. The minimum Gasteiger partial charge on any atom is -0.383 e. The van der Waals surface area contributed by atoms with Gasteiger partial charge in [0.1, 0.15) is 5.82 Å². The Morgan fingerprint density at radius 3 is 2.86 bits per heavy atom. The Morgan fingerprint density at radius 2 is 2.09 bits per heavy atom. The van der Waals surface area contributed by atoms with E-state index >= 15 is 0 Å². The topological polar surface area (TPSA) is 115 Å². The van der Waals surface area contributed by atoms with Gasteiger partial charge in [0.15, 0.2) is 0 Å². The number of carbonyl (C=O) groups excluding carboxylic acids is 2. The molecule has 9 heteroatoms. The normalized spacial score (nSPS) is 22.5. The fraction of sp³-hybridized carbons (Fsp3) is 0.462. The molecule has 3 aromatic rings. The van der Waals surface area contributed by atoms with E-state index in [-0.39, 0.29) is 12.1 Å². The zero-order chi connectivity index (χ0) is 24.5. The van der Waals surface area contributed by atoms with Crippen molar-refractivity contribution in [3.05, 3.63) is 47.8 Å². The molecule has 0 radical (unpaired) electrons. The number of nitrogens with two attached hydrogens (primary N) is 1. The summed E-state index contributed by atoms with van der Waals surface area (Å²) in [5, 5.41) is 8.56. The van der Waals surface area contributed by atoms with E-state index in [0.29, 0.717) is 37.0 Å². The molecular weight excluding hydrogens is 444 g/mol. The second-order valence-electron chi connectivity index (χ2n) is 9.68. The number of hydrogen-bond acceptors (Lipinski definition) is 6. The van der Waals surface area contributed by atoms with Gasteiger partial charge in [0, 0.05) is 24.7 Å². The molecule has 2 aliphatic heterocycles. The van der Waals surface area contributed by atoms with E-state index in [4.69, 9.17) is 15.6 Å². The summed E-state index contributed by atoms with van der Waals surface area (Å²) in [6.07, 6.45) is 6.98. The summed E-state index contributed by atoms with van der Waals surface area (Å²) in [6.45, 7) is 6.05. The third-order valence-electron chi connectivity index (χ3n) is 7.13. The smallest absolute Gasteiger partial charge is 0.313 e. The number of aromatic nitrogens is 3. The number of ether oxygens (including phenoxy) is 1. The molecule has 0 bridgehead atoms. The van der Waals surface area contributed by atoms with Crippen molar-refractivity contribution in [2.75, 3.05) is 30.8 Å². The maximum absolute atomic E-state index is 13.3. The summed E-state index contributed by atoms with van der Waals surface area (Å²) in [6, 6.07) is 8.01. The summed E-state index contributed by atoms with van der Waals surface area (Å²) < 4.78 is 7.50. The van der Waals surface area contributed by atoms with Crippen LogP contribution >= 0.6 is 0 Å². The predicted molar refractivity (Wildman–Crippen MR) is 134 cm³/mol. The standard InChI is InChI=1S/C26H32N6O3/c1-3-17-10-20(12-28-24(17)27)29-25(33)26(34)31-13-16(2)4-7-23(31)18-5-6-19-14-32(30-22(19)11-18)21-8-9-35-15-21/h5-6,10-12,14,16,21,23H,3-4,7-9,13,15H2,1-2H3,(H2,27,28)(H,29,33)/t16-,21?,23+/m0/s1. The fourth-order valence-corrected chi connectivity index (χ4v) is 5.09. The molecule has 2 fully saturated rings. The van der Waals surface area contributed by atoms with Gasteiger partial charge in [0.05, 0.1) is 36.1 Å². The highest BCUT2D eigenvalue weighted by molar-refractivity contribution is 6.39. The summed E-state index contributed by atoms with van der Waals surface area (Å²) in [5.41, 5.74) is 9.07. The number of hydrogen-bond donors (Lipinski definition) is 2. The van der Waals surface area contributed by atoms with Crippen molar-refractivity contribution in [2.24, 2.45) is 5.92 Å². The highest BCUT2D eigenvalue weighted by atomic mass is 16.5. The summed E-state index contributed by atoms with van der Waals surface area (Å²) in [5.74, 6) is -0.451. The number of anilines is 2. The number of nitrogen functional groups attached to an aromatic ring is 1. The largest absolute Gasteiger partial charge is 0.383 e. The Balaban J connectivity index is 1.37. The number of piperidine rings is 1. The minimum absolute atomic E-state index is 0.176. The molecule has 0 aliphatic carbocycles. The number of fused-ring (bicyclic) bond motifs is 1. The maximum Gasteiger partial charge on any atom is 0.313 e. The van der Waals surface area contributed by atoms with Crippen LogP contribution in [0.2, 0.25) is 0 Å². The van der Waals surface area contributed by atoms with E-state index in [1.165, 1.54) is 6.20 Å². The molecule has 0 saturated carbocycles. The Kier molecular flexibility index (Phi) is 6.42. The molecule has 5 rings (SSSR count). The zero-order valence-electron chi connectivity index (χ0n) is 20.2. The first-order chi connectivity index (χ1) is 16.9. The van der Waals surface area contributed by atoms with Crippen LogP contribution in [0.4, 0.5) is 11.5 Å². The van der Waals surface area contributed by atoms with Gasteiger partial charge >= 0.3 is 11.8 Å². The van der Waals surface area contributed by atoms with Crippen molar-refractivity contribution in [3.8, 4) is 0 Å². The number of amides is 2. The lowest BCUT2D eigenvalue weighted by Gasteiger charge is -2.38. The molecule has 3 atom stereocenters. The van der Waals surface area contributed by atoms with Crippen molar-refractivity contribution in [3.63, 3.8) is 0 Å². The lowest BCUT2D eigenvalue weighted by molar-refractivity contribution is -0.146. The van der Waals surface area contributed by atoms with E-state index < -0.39 is 11.8 Å². The minimum atomic E-state index is -0.663. The van der Waals surface area contributed by atoms with E-state index in [2.05, 4.69) is 41.6 Å². The van der Waals surface area contributed by atoms with Gasteiger partial charge in [-0.15, -0.1) is 0 Å². The van der Waals surface area contributed by atoms with Gasteiger partial charge in [-0.25, -0.2) is 4.98 Å². The highest BCUT2D eigenvalue weighted by Gasteiger charge is 2.34. The predicted octanol–water partition coefficient (Wildman–Crippen LogP) is 3.48. The van der Waals surface area contributed by atoms with Gasteiger partial charge in [-0.05, 0) is 54.9 Å². The molecule has 2 amide bonds. The first kappa shape index (κ1) is 23.3. The second kappa shape index (κ2) is 9.65. The third kappa shape index (κ3) is 4.73. The van der Waals surface area contributed by atoms with Gasteiger partial charge in [0.2, 0.25) is 0 Å². The Bertz CT molecular complexity index is 1250. The first-order valence-electron chi connectivity index (χ1n) is 12.4. The lowest BCUT2D eigenvalue weighted by atomic mass is 9.89. The van der Waals surface area contributed by atoms with E-state index in [0.717, 1.165) is 47.9 Å². The molecule has 2 saturated heterocycles. The fourth-order valence-electron chi connectivity index (χ4n) is 5.09. The number of likely N-dealkylation sites (tertiary alicyclic amines) is 1. The molecule has 3 N–H and O–H groups in total. The van der Waals surface area contributed by atoms with Crippen molar-refractivity contribution < 1.29 is 14.3 Å². The highest BCUT2D eigenvalue weighted by Crippen LogP contribution is 2.35. The SMILES string of the molecule is CCc1cc(NC(=O)C(=O)N2C[C@@H](C)CC[C@@H]2c2ccc3cn(C4CCOC4)nc3c2)cnc1N. The molecule has 2 aromatic heterocycles. The van der Waals surface area contributed by atoms with Gasteiger partial charge < -0.3 is 20.7 Å². The zero-order valence-corrected chi connectivity index (χ0v) is 20.2. The first-order valence-corrected chi connectivity index (χ1v) is 12.4. The molecule has 1 aromatic carbocycles. The maximum atomic E-state index is 13.3. The summed E-state index contributed by atoms with van der Waals surface area (Å²) >= 11 is 0. The molecule has 4 heterocycles. The average Bonchev–Trinajstić information content (AvgIpc) is 3.54. The molecule has 35 heavy (non-hydrogen) atoms. The number of benzene rings is 1. The quantitative estimate of drug-likeness (QED) is 0.557. The van der Waals surface area contributed by atoms with Crippen molar-refractivity contribution in [1.29, 1.82) is 0 Å². The van der Waals surface area contributed by atoms with Crippen LogP contribution < -0.4 is 11.1 Å². The van der Waals surface area contributed by atoms with Crippen molar-refractivity contribution in [1.82, 2.24) is 19.7 Å². The summed E-state index contributed by atoms with van der Waals surface area (Å²) in [7, 11) is 0. The Labute approximate surface area is 204 Å². The monoisotopic (exact) mass is 476 g/mol. The molecule has 9 nitrogen and oxygen atoms in total. The molecule has 1 unspecified atom stereocenters. The van der Waals surface area contributed by atoms with E-state index in [1.807, 2.05) is 11.6 Å². The molecular formula is C26H32N6O3. The molecule has 0 spiro atoms. The van der Waals surface area contributed by atoms with Crippen molar-refractivity contribution in [2.45, 2.75) is 51.6 Å². The number of nitrogens with zero attached hydrogens (tertiary/aromatic N) is 4. The van der Waals surface area contributed by atoms with Crippen LogP contribution in [0.25, 0.3) is 10.9 Å². The van der Waals surface area contributed by atoms with Crippen LogP contribution in [0.3, 0.4) is 0 Å². The van der Waals surface area contributed by atoms with Gasteiger partial charge in [0.25, 0.3) is 0 Å². The van der Waals surface area contributed by atoms with Gasteiger partial charge in [-0.3, -0.25) is 14.3 Å². The molecule has 184 valence electrons. The van der Waals surface area contributed by atoms with E-state index in [9.17, 15) is 9.59 Å². The van der Waals surface area contributed by atoms with Crippen LogP contribution in [0.15, 0.2) is 36.7 Å². The molecule has 2 aliphatic rings. The number of pyridine rings is 1. The van der Waals surface area contributed by atoms with Crippen LogP contribution in [0.5, 0.6) is 0 Å². The van der Waals surface area contributed by atoms with Crippen LogP contribution in [0.1, 0.15) is 56.3 Å². The Morgan fingerprint density at radius 1 is 1.23 bits per heavy atom. The van der Waals surface area contributed by atoms with Crippen LogP contribution in [0, 0.1) is 5.92 Å².